The van der Waals surface area contributed by atoms with Gasteiger partial charge >= 0.3 is 11.9 Å². The number of carbonyl (C=O) groups is 2. The number of ether oxygens (including phenoxy) is 2. The van der Waals surface area contributed by atoms with E-state index in [1.165, 1.54) is 13.8 Å². The quantitative estimate of drug-likeness (QED) is 0.259. The van der Waals surface area contributed by atoms with E-state index in [1.807, 2.05) is 0 Å². The maximum Gasteiger partial charge on any atom is 0.350 e. The molecule has 0 amide bonds. The molecule has 1 aliphatic rings. The molecule has 1 rings (SSSR count). The van der Waals surface area contributed by atoms with Gasteiger partial charge in [0.15, 0.2) is 0 Å². The smallest absolute Gasteiger partial charge is 0.350 e. The molecule has 0 spiro atoms. The number of esters is 2. The lowest BCUT2D eigenvalue weighted by Crippen LogP contribution is -2.50. The second-order valence-electron chi connectivity index (χ2n) is 4.09. The van der Waals surface area contributed by atoms with E-state index < -0.39 is 35.6 Å². The number of carbonyl (C=O) groups excluding carboxylic acids is 2. The Morgan fingerprint density at radius 2 is 2.39 bits per heavy atom. The number of nitrogens with zero attached hydrogens (tertiary/aromatic N) is 3. The SMILES string of the molecule is CCOC(=O)[C@]1(O)C(=O)O[C@@H]([C@@H](C)N=[N+]=[N-])[C@@H]1C. The van der Waals surface area contributed by atoms with Gasteiger partial charge in [-0.05, 0) is 12.5 Å². The van der Waals surface area contributed by atoms with Gasteiger partial charge in [-0.2, -0.15) is 0 Å². The first-order chi connectivity index (χ1) is 8.39. The summed E-state index contributed by atoms with van der Waals surface area (Å²) in [5, 5.41) is 13.5. The molecule has 0 unspecified atom stereocenters. The van der Waals surface area contributed by atoms with Crippen LogP contribution in [-0.2, 0) is 19.1 Å². The molecular weight excluding hydrogens is 242 g/mol. The van der Waals surface area contributed by atoms with E-state index in [4.69, 9.17) is 10.3 Å². The Morgan fingerprint density at radius 3 is 2.89 bits per heavy atom. The van der Waals surface area contributed by atoms with Crippen molar-refractivity contribution in [3.63, 3.8) is 0 Å². The first-order valence-electron chi connectivity index (χ1n) is 5.54. The van der Waals surface area contributed by atoms with Crippen molar-refractivity contribution in [3.8, 4) is 0 Å². The van der Waals surface area contributed by atoms with Crippen LogP contribution in [0.3, 0.4) is 0 Å². The average Bonchev–Trinajstić information content (AvgIpc) is 2.55. The van der Waals surface area contributed by atoms with E-state index in [9.17, 15) is 14.7 Å². The Labute approximate surface area is 103 Å². The molecule has 0 aromatic rings. The molecule has 0 radical (unpaired) electrons. The fourth-order valence-electron chi connectivity index (χ4n) is 1.91. The molecular formula is C10H15N3O5. The van der Waals surface area contributed by atoms with Crippen LogP contribution < -0.4 is 0 Å². The van der Waals surface area contributed by atoms with Crippen molar-refractivity contribution in [2.45, 2.75) is 38.5 Å². The average molecular weight is 257 g/mol. The van der Waals surface area contributed by atoms with Crippen molar-refractivity contribution < 1.29 is 24.2 Å². The van der Waals surface area contributed by atoms with Gasteiger partial charge in [-0.3, -0.25) is 0 Å². The van der Waals surface area contributed by atoms with Gasteiger partial charge in [0.2, 0.25) is 0 Å². The highest BCUT2D eigenvalue weighted by Gasteiger charge is 2.61. The summed E-state index contributed by atoms with van der Waals surface area (Å²) in [6.45, 7) is 4.60. The first kappa shape index (κ1) is 14.3. The lowest BCUT2D eigenvalue weighted by Gasteiger charge is -2.23. The molecule has 0 bridgehead atoms. The van der Waals surface area contributed by atoms with Crippen LogP contribution in [0.4, 0.5) is 0 Å². The van der Waals surface area contributed by atoms with Crippen LogP contribution in [0.1, 0.15) is 20.8 Å². The second-order valence-corrected chi connectivity index (χ2v) is 4.09. The van der Waals surface area contributed by atoms with Crippen LogP contribution in [0, 0.1) is 5.92 Å². The molecule has 18 heavy (non-hydrogen) atoms. The zero-order valence-electron chi connectivity index (χ0n) is 10.4. The molecule has 1 heterocycles. The third kappa shape index (κ3) is 2.12. The third-order valence-electron chi connectivity index (χ3n) is 3.00. The van der Waals surface area contributed by atoms with Gasteiger partial charge in [0.1, 0.15) is 6.10 Å². The lowest BCUT2D eigenvalue weighted by atomic mass is 9.85. The lowest BCUT2D eigenvalue weighted by molar-refractivity contribution is -0.176. The third-order valence-corrected chi connectivity index (χ3v) is 3.00. The Balaban J connectivity index is 3.00. The fraction of sp³-hybridized carbons (Fsp3) is 0.800. The Hall–Kier alpha value is -1.79. The van der Waals surface area contributed by atoms with Gasteiger partial charge in [0.25, 0.3) is 5.60 Å². The van der Waals surface area contributed by atoms with Gasteiger partial charge < -0.3 is 14.6 Å². The monoisotopic (exact) mass is 257 g/mol. The van der Waals surface area contributed by atoms with Crippen LogP contribution >= 0.6 is 0 Å². The topological polar surface area (TPSA) is 122 Å². The highest BCUT2D eigenvalue weighted by Crippen LogP contribution is 2.35. The Morgan fingerprint density at radius 1 is 1.78 bits per heavy atom. The predicted molar refractivity (Wildman–Crippen MR) is 59.2 cm³/mol. The molecule has 1 saturated heterocycles. The molecule has 4 atom stereocenters. The summed E-state index contributed by atoms with van der Waals surface area (Å²) >= 11 is 0. The first-order valence-corrected chi connectivity index (χ1v) is 5.54. The summed E-state index contributed by atoms with van der Waals surface area (Å²) < 4.78 is 9.58. The highest BCUT2D eigenvalue weighted by molar-refractivity contribution is 6.05. The van der Waals surface area contributed by atoms with Crippen molar-refractivity contribution in [2.75, 3.05) is 6.61 Å². The van der Waals surface area contributed by atoms with E-state index in [2.05, 4.69) is 14.8 Å². The number of hydrogen-bond donors (Lipinski definition) is 1. The van der Waals surface area contributed by atoms with Gasteiger partial charge in [-0.25, -0.2) is 9.59 Å². The molecule has 100 valence electrons. The molecule has 1 fully saturated rings. The summed E-state index contributed by atoms with van der Waals surface area (Å²) in [6.07, 6.45) is -0.859. The fourth-order valence-corrected chi connectivity index (χ4v) is 1.91. The summed E-state index contributed by atoms with van der Waals surface area (Å²) in [4.78, 5) is 25.9. The minimum Gasteiger partial charge on any atom is -0.463 e. The number of aliphatic hydroxyl groups is 1. The van der Waals surface area contributed by atoms with Crippen LogP contribution in [-0.4, -0.2) is 41.4 Å². The molecule has 0 aliphatic carbocycles. The van der Waals surface area contributed by atoms with Crippen molar-refractivity contribution in [2.24, 2.45) is 11.0 Å². The normalized spacial score (nSPS) is 32.3. The van der Waals surface area contributed by atoms with Gasteiger partial charge in [0.05, 0.1) is 12.6 Å². The minimum atomic E-state index is -2.33. The van der Waals surface area contributed by atoms with Crippen molar-refractivity contribution >= 4 is 11.9 Å². The predicted octanol–water partition coefficient (Wildman–Crippen LogP) is 0.541. The second kappa shape index (κ2) is 5.24. The van der Waals surface area contributed by atoms with Crippen molar-refractivity contribution in [3.05, 3.63) is 10.4 Å². The molecule has 0 saturated carbocycles. The van der Waals surface area contributed by atoms with E-state index in [1.54, 1.807) is 6.92 Å². The van der Waals surface area contributed by atoms with Crippen LogP contribution in [0.15, 0.2) is 5.11 Å². The van der Waals surface area contributed by atoms with E-state index in [0.29, 0.717) is 0 Å². The van der Waals surface area contributed by atoms with Gasteiger partial charge in [-0.1, -0.05) is 19.0 Å². The number of hydrogen-bond acceptors (Lipinski definition) is 6. The van der Waals surface area contributed by atoms with Gasteiger partial charge in [0, 0.05) is 10.8 Å². The van der Waals surface area contributed by atoms with Crippen molar-refractivity contribution in [1.82, 2.24) is 0 Å². The van der Waals surface area contributed by atoms with Crippen LogP contribution in [0.2, 0.25) is 0 Å². The number of cyclic esters (lactones) is 1. The zero-order chi connectivity index (χ0) is 13.9. The number of rotatable bonds is 4. The molecule has 0 aromatic carbocycles. The van der Waals surface area contributed by atoms with E-state index in [0.717, 1.165) is 0 Å². The summed E-state index contributed by atoms with van der Waals surface area (Å²) in [5.74, 6) is -2.97. The van der Waals surface area contributed by atoms with Crippen LogP contribution in [0.5, 0.6) is 0 Å². The minimum absolute atomic E-state index is 0.0394. The zero-order valence-corrected chi connectivity index (χ0v) is 10.4. The summed E-state index contributed by atoms with van der Waals surface area (Å²) in [5.41, 5.74) is 6.00. The van der Waals surface area contributed by atoms with Crippen LogP contribution in [0.25, 0.3) is 10.4 Å². The Bertz CT molecular complexity index is 406. The molecule has 1 N–H and O–H groups in total. The molecule has 8 heteroatoms. The standard InChI is InChI=1S/C10H15N3O5/c1-4-17-8(14)10(16)5(2)7(18-9(10)15)6(3)12-13-11/h5-7,16H,4H2,1-3H3/t5-,6+,7+,10-/m0/s1. The Kier molecular flexibility index (Phi) is 4.15. The van der Waals surface area contributed by atoms with Gasteiger partial charge in [-0.15, -0.1) is 0 Å². The summed E-state index contributed by atoms with van der Waals surface area (Å²) in [7, 11) is 0. The van der Waals surface area contributed by atoms with Crippen molar-refractivity contribution in [1.29, 1.82) is 0 Å². The highest BCUT2D eigenvalue weighted by atomic mass is 16.6. The maximum atomic E-state index is 11.6. The maximum absolute atomic E-state index is 11.6. The molecule has 1 aliphatic heterocycles. The van der Waals surface area contributed by atoms with E-state index in [-0.39, 0.29) is 6.61 Å². The molecule has 0 aromatic heterocycles. The molecule has 8 nitrogen and oxygen atoms in total. The van der Waals surface area contributed by atoms with E-state index >= 15 is 0 Å². The largest absolute Gasteiger partial charge is 0.463 e. The summed E-state index contributed by atoms with van der Waals surface area (Å²) in [6, 6.07) is -0.683. The number of azide groups is 1.